The number of hydrogen-bond donors (Lipinski definition) is 1. The van der Waals surface area contributed by atoms with Crippen molar-refractivity contribution < 1.29 is 14.0 Å². The summed E-state index contributed by atoms with van der Waals surface area (Å²) in [4.78, 5) is 31.6. The summed E-state index contributed by atoms with van der Waals surface area (Å²) in [5.41, 5.74) is 0.0636. The minimum atomic E-state index is -0.430. The molecule has 1 saturated heterocycles. The summed E-state index contributed by atoms with van der Waals surface area (Å²) < 4.78 is 4.94. The normalized spacial score (nSPS) is 20.3. The summed E-state index contributed by atoms with van der Waals surface area (Å²) in [7, 11) is 0. The molecule has 128 valence electrons. The molecule has 2 aromatic rings. The van der Waals surface area contributed by atoms with Crippen molar-refractivity contribution in [1.29, 1.82) is 0 Å². The van der Waals surface area contributed by atoms with Gasteiger partial charge in [-0.05, 0) is 32.3 Å². The van der Waals surface area contributed by atoms with Gasteiger partial charge in [0.15, 0.2) is 0 Å². The fourth-order valence-corrected chi connectivity index (χ4v) is 3.86. The Morgan fingerprint density at radius 1 is 1.50 bits per heavy atom. The van der Waals surface area contributed by atoms with E-state index >= 15 is 0 Å². The van der Waals surface area contributed by atoms with Gasteiger partial charge < -0.3 is 14.6 Å². The molecule has 7 heteroatoms. The number of aromatic nitrogens is 1. The average molecular weight is 347 g/mol. The molecule has 1 unspecified atom stereocenters. The van der Waals surface area contributed by atoms with Gasteiger partial charge in [0.2, 0.25) is 0 Å². The molecule has 0 aliphatic carbocycles. The molecule has 2 aromatic heterocycles. The molecule has 3 heterocycles. The molecule has 1 aliphatic rings. The van der Waals surface area contributed by atoms with Gasteiger partial charge in [0.25, 0.3) is 11.8 Å². The molecule has 0 bridgehead atoms. The minimum Gasteiger partial charge on any atom is -0.472 e. The van der Waals surface area contributed by atoms with E-state index in [0.29, 0.717) is 23.5 Å². The highest BCUT2D eigenvalue weighted by Crippen LogP contribution is 2.25. The lowest BCUT2D eigenvalue weighted by Gasteiger charge is -2.25. The van der Waals surface area contributed by atoms with E-state index in [-0.39, 0.29) is 11.8 Å². The molecular formula is C17H21N3O3S. The third-order valence-electron chi connectivity index (χ3n) is 4.19. The highest BCUT2D eigenvalue weighted by Gasteiger charge is 2.38. The van der Waals surface area contributed by atoms with Crippen molar-refractivity contribution >= 4 is 23.2 Å². The van der Waals surface area contributed by atoms with Crippen LogP contribution in [-0.4, -0.2) is 40.3 Å². The lowest BCUT2D eigenvalue weighted by atomic mass is 10.0. The maximum absolute atomic E-state index is 12.6. The van der Waals surface area contributed by atoms with E-state index in [1.807, 2.05) is 6.92 Å². The number of carbonyl (C=O) groups is 2. The first-order valence-corrected chi connectivity index (χ1v) is 8.91. The van der Waals surface area contributed by atoms with Gasteiger partial charge >= 0.3 is 0 Å². The Hall–Kier alpha value is -2.15. The second-order valence-electron chi connectivity index (χ2n) is 6.37. The van der Waals surface area contributed by atoms with Crippen molar-refractivity contribution in [3.8, 4) is 0 Å². The average Bonchev–Trinajstić information content (AvgIpc) is 3.27. The van der Waals surface area contributed by atoms with Crippen molar-refractivity contribution in [2.75, 3.05) is 13.1 Å². The van der Waals surface area contributed by atoms with Gasteiger partial charge in [0.05, 0.1) is 28.6 Å². The van der Waals surface area contributed by atoms with E-state index in [0.717, 1.165) is 24.3 Å². The highest BCUT2D eigenvalue weighted by molar-refractivity contribution is 7.13. The predicted octanol–water partition coefficient (Wildman–Crippen LogP) is 2.72. The number of thiazole rings is 1. The van der Waals surface area contributed by atoms with Gasteiger partial charge in [-0.15, -0.1) is 11.3 Å². The Labute approximate surface area is 144 Å². The fraction of sp³-hybridized carbons (Fsp3) is 0.471. The Kier molecular flexibility index (Phi) is 4.71. The van der Waals surface area contributed by atoms with E-state index in [9.17, 15) is 9.59 Å². The van der Waals surface area contributed by atoms with E-state index in [4.69, 9.17) is 4.42 Å². The molecule has 24 heavy (non-hydrogen) atoms. The zero-order chi connectivity index (χ0) is 17.2. The summed E-state index contributed by atoms with van der Waals surface area (Å²) >= 11 is 1.46. The molecule has 0 saturated carbocycles. The number of nitrogens with zero attached hydrogens (tertiary/aromatic N) is 2. The first-order chi connectivity index (χ1) is 11.5. The Balaban J connectivity index is 1.63. The number of rotatable bonds is 5. The summed E-state index contributed by atoms with van der Waals surface area (Å²) in [6.45, 7) is 5.18. The van der Waals surface area contributed by atoms with E-state index in [1.54, 1.807) is 17.2 Å². The second-order valence-corrected chi connectivity index (χ2v) is 7.49. The van der Waals surface area contributed by atoms with Gasteiger partial charge in [-0.25, -0.2) is 4.98 Å². The number of nitrogens with one attached hydrogen (secondary N) is 1. The largest absolute Gasteiger partial charge is 0.472 e. The van der Waals surface area contributed by atoms with Crippen LogP contribution in [0.2, 0.25) is 0 Å². The van der Waals surface area contributed by atoms with Gasteiger partial charge in [0, 0.05) is 13.1 Å². The van der Waals surface area contributed by atoms with E-state index < -0.39 is 5.54 Å². The summed E-state index contributed by atoms with van der Waals surface area (Å²) in [5.74, 6) is -0.181. The quantitative estimate of drug-likeness (QED) is 0.902. The van der Waals surface area contributed by atoms with Crippen molar-refractivity contribution in [1.82, 2.24) is 15.2 Å². The third-order valence-corrected chi connectivity index (χ3v) is 5.23. The maximum Gasteiger partial charge on any atom is 0.265 e. The van der Waals surface area contributed by atoms with Gasteiger partial charge in [-0.2, -0.15) is 0 Å². The SMILES string of the molecule is CCCc1ncc(C(=O)N2CCC(C)(NC(=O)c3ccoc3)C2)s1. The molecule has 1 fully saturated rings. The minimum absolute atomic E-state index is 0.00358. The van der Waals surface area contributed by atoms with Crippen LogP contribution >= 0.6 is 11.3 Å². The van der Waals surface area contributed by atoms with Crippen molar-refractivity contribution in [3.05, 3.63) is 40.2 Å². The van der Waals surface area contributed by atoms with Crippen molar-refractivity contribution in [3.63, 3.8) is 0 Å². The number of likely N-dealkylation sites (tertiary alicyclic amines) is 1. The standard InChI is InChI=1S/C17H21N3O3S/c1-3-4-14-18-9-13(24-14)16(22)20-7-6-17(2,11-20)19-15(21)12-5-8-23-10-12/h5,8-10H,3-4,6-7,11H2,1-2H3,(H,19,21). The molecule has 0 spiro atoms. The molecule has 3 rings (SSSR count). The summed E-state index contributed by atoms with van der Waals surface area (Å²) in [6, 6.07) is 1.63. The fourth-order valence-electron chi connectivity index (χ4n) is 2.87. The number of hydrogen-bond acceptors (Lipinski definition) is 5. The first kappa shape index (κ1) is 16.7. The first-order valence-electron chi connectivity index (χ1n) is 8.09. The highest BCUT2D eigenvalue weighted by atomic mass is 32.1. The summed E-state index contributed by atoms with van der Waals surface area (Å²) in [5, 5.41) is 4.01. The zero-order valence-electron chi connectivity index (χ0n) is 13.9. The van der Waals surface area contributed by atoms with Crippen LogP contribution in [-0.2, 0) is 6.42 Å². The molecule has 2 amide bonds. The molecule has 0 aromatic carbocycles. The predicted molar refractivity (Wildman–Crippen MR) is 91.2 cm³/mol. The molecular weight excluding hydrogens is 326 g/mol. The lowest BCUT2D eigenvalue weighted by Crippen LogP contribution is -2.48. The van der Waals surface area contributed by atoms with Crippen LogP contribution in [0.4, 0.5) is 0 Å². The van der Waals surface area contributed by atoms with Crippen LogP contribution in [0.5, 0.6) is 0 Å². The molecule has 1 aliphatic heterocycles. The van der Waals surface area contributed by atoms with Crippen molar-refractivity contribution in [2.45, 2.75) is 38.6 Å². The number of aryl methyl sites for hydroxylation is 1. The number of carbonyl (C=O) groups excluding carboxylic acids is 2. The van der Waals surface area contributed by atoms with Crippen LogP contribution in [0.25, 0.3) is 0 Å². The lowest BCUT2D eigenvalue weighted by molar-refractivity contribution is 0.0773. The van der Waals surface area contributed by atoms with Crippen LogP contribution in [0.1, 0.15) is 51.7 Å². The monoisotopic (exact) mass is 347 g/mol. The van der Waals surface area contributed by atoms with Crippen LogP contribution in [0.3, 0.4) is 0 Å². The smallest absolute Gasteiger partial charge is 0.265 e. The topological polar surface area (TPSA) is 75.4 Å². The van der Waals surface area contributed by atoms with Gasteiger partial charge in [-0.3, -0.25) is 9.59 Å². The number of amides is 2. The van der Waals surface area contributed by atoms with Gasteiger partial charge in [0.1, 0.15) is 11.1 Å². The van der Waals surface area contributed by atoms with Crippen LogP contribution in [0.15, 0.2) is 29.2 Å². The molecule has 1 atom stereocenters. The molecule has 6 nitrogen and oxygen atoms in total. The Bertz CT molecular complexity index is 725. The summed E-state index contributed by atoms with van der Waals surface area (Å²) in [6.07, 6.45) is 7.20. The third kappa shape index (κ3) is 3.51. The Morgan fingerprint density at radius 2 is 2.33 bits per heavy atom. The number of furan rings is 1. The second kappa shape index (κ2) is 6.76. The van der Waals surface area contributed by atoms with Gasteiger partial charge in [-0.1, -0.05) is 6.92 Å². The molecule has 1 N–H and O–H groups in total. The zero-order valence-corrected chi connectivity index (χ0v) is 14.7. The van der Waals surface area contributed by atoms with Crippen LogP contribution in [0, 0.1) is 0 Å². The van der Waals surface area contributed by atoms with E-state index in [2.05, 4.69) is 17.2 Å². The Morgan fingerprint density at radius 3 is 3.04 bits per heavy atom. The van der Waals surface area contributed by atoms with Crippen LogP contribution < -0.4 is 5.32 Å². The van der Waals surface area contributed by atoms with E-state index in [1.165, 1.54) is 23.9 Å². The molecule has 0 radical (unpaired) electrons. The maximum atomic E-state index is 12.6. The van der Waals surface area contributed by atoms with Crippen molar-refractivity contribution in [2.24, 2.45) is 0 Å².